The molecule has 2 aliphatic heterocycles. The van der Waals surface area contributed by atoms with Gasteiger partial charge in [0.15, 0.2) is 5.78 Å². The Morgan fingerprint density at radius 2 is 2.19 bits per heavy atom. The summed E-state index contributed by atoms with van der Waals surface area (Å²) in [5.74, 6) is 1.01. The Hall–Kier alpha value is -0.410. The van der Waals surface area contributed by atoms with Crippen molar-refractivity contribution in [2.24, 2.45) is 5.92 Å². The third-order valence-electron chi connectivity index (χ3n) is 4.20. The zero-order valence-corrected chi connectivity index (χ0v) is 10.3. The second-order valence-corrected chi connectivity index (χ2v) is 5.15. The Morgan fingerprint density at radius 3 is 2.75 bits per heavy atom. The normalized spacial score (nSPS) is 31.8. The second-order valence-electron chi connectivity index (χ2n) is 5.15. The van der Waals surface area contributed by atoms with Crippen molar-refractivity contribution in [3.8, 4) is 0 Å². The van der Waals surface area contributed by atoms with Gasteiger partial charge in [-0.1, -0.05) is 6.92 Å². The van der Waals surface area contributed by atoms with Gasteiger partial charge in [-0.05, 0) is 44.6 Å². The van der Waals surface area contributed by atoms with Crippen molar-refractivity contribution in [2.45, 2.75) is 51.0 Å². The molecular weight excluding hydrogens is 202 g/mol. The fourth-order valence-corrected chi connectivity index (χ4v) is 2.95. The Bertz CT molecular complexity index is 240. The van der Waals surface area contributed by atoms with Crippen molar-refractivity contribution in [2.75, 3.05) is 19.8 Å². The van der Waals surface area contributed by atoms with E-state index in [2.05, 4.69) is 12.2 Å². The Kier molecular flexibility index (Phi) is 3.98. The highest BCUT2D eigenvalue weighted by Gasteiger charge is 2.39. The second kappa shape index (κ2) is 5.28. The molecule has 0 spiro atoms. The molecule has 0 saturated carbocycles. The van der Waals surface area contributed by atoms with Crippen LogP contribution in [0.25, 0.3) is 0 Å². The summed E-state index contributed by atoms with van der Waals surface area (Å²) in [5, 5.41) is 3.43. The maximum atomic E-state index is 12.4. The van der Waals surface area contributed by atoms with Gasteiger partial charge in [-0.25, -0.2) is 0 Å². The quantitative estimate of drug-likeness (QED) is 0.794. The fraction of sp³-hybridized carbons (Fsp3) is 0.923. The van der Waals surface area contributed by atoms with Crippen LogP contribution >= 0.6 is 0 Å². The van der Waals surface area contributed by atoms with Gasteiger partial charge in [-0.15, -0.1) is 0 Å². The summed E-state index contributed by atoms with van der Waals surface area (Å²) in [6, 6.07) is 0. The zero-order chi connectivity index (χ0) is 11.4. The molecule has 1 N–H and O–H groups in total. The number of hydrogen-bond donors (Lipinski definition) is 1. The van der Waals surface area contributed by atoms with E-state index in [4.69, 9.17) is 4.74 Å². The largest absolute Gasteiger partial charge is 0.381 e. The highest BCUT2D eigenvalue weighted by Crippen LogP contribution is 2.29. The molecule has 2 saturated heterocycles. The molecule has 3 nitrogen and oxygen atoms in total. The molecule has 2 heterocycles. The molecule has 2 aliphatic rings. The first-order valence-electron chi connectivity index (χ1n) is 6.63. The summed E-state index contributed by atoms with van der Waals surface area (Å²) in [6.45, 7) is 4.81. The minimum absolute atomic E-state index is 0.182. The number of nitrogens with one attached hydrogen (secondary N) is 1. The van der Waals surface area contributed by atoms with E-state index in [0.29, 0.717) is 11.7 Å². The van der Waals surface area contributed by atoms with Gasteiger partial charge in [-0.3, -0.25) is 4.79 Å². The molecule has 0 aromatic rings. The smallest absolute Gasteiger partial charge is 0.153 e. The van der Waals surface area contributed by atoms with Crippen molar-refractivity contribution in [1.29, 1.82) is 0 Å². The molecule has 1 unspecified atom stereocenters. The average Bonchev–Trinajstić information content (AvgIpc) is 2.80. The summed E-state index contributed by atoms with van der Waals surface area (Å²) >= 11 is 0. The van der Waals surface area contributed by atoms with Gasteiger partial charge in [0.05, 0.1) is 5.54 Å². The van der Waals surface area contributed by atoms with Crippen LogP contribution in [0.1, 0.15) is 45.4 Å². The Labute approximate surface area is 97.9 Å². The van der Waals surface area contributed by atoms with Crippen molar-refractivity contribution in [1.82, 2.24) is 5.32 Å². The lowest BCUT2D eigenvalue weighted by Gasteiger charge is -2.30. The summed E-state index contributed by atoms with van der Waals surface area (Å²) in [7, 11) is 0. The van der Waals surface area contributed by atoms with Gasteiger partial charge in [0.2, 0.25) is 0 Å². The van der Waals surface area contributed by atoms with Gasteiger partial charge in [0, 0.05) is 19.6 Å². The average molecular weight is 225 g/mol. The number of rotatable bonds is 4. The van der Waals surface area contributed by atoms with Crippen molar-refractivity contribution in [3.05, 3.63) is 0 Å². The van der Waals surface area contributed by atoms with E-state index in [-0.39, 0.29) is 5.54 Å². The number of carbonyl (C=O) groups excluding carboxylic acids is 1. The summed E-state index contributed by atoms with van der Waals surface area (Å²) in [5.41, 5.74) is -0.182. The van der Waals surface area contributed by atoms with Gasteiger partial charge >= 0.3 is 0 Å². The molecule has 0 bridgehead atoms. The minimum atomic E-state index is -0.182. The third kappa shape index (κ3) is 2.46. The van der Waals surface area contributed by atoms with E-state index < -0.39 is 0 Å². The SMILES string of the molecule is CCC1(C(=O)CC2CCOCC2)CCCN1. The standard InChI is InChI=1S/C13H23NO2/c1-2-13(6-3-7-14-13)12(15)10-11-4-8-16-9-5-11/h11,14H,2-10H2,1H3. The molecule has 3 heteroatoms. The lowest BCUT2D eigenvalue weighted by molar-refractivity contribution is -0.126. The first-order valence-corrected chi connectivity index (χ1v) is 6.63. The number of Topliss-reactive ketones (excluding diaryl/α,β-unsaturated/α-hetero) is 1. The molecule has 2 rings (SSSR count). The Morgan fingerprint density at radius 1 is 1.44 bits per heavy atom. The van der Waals surface area contributed by atoms with Crippen LogP contribution in [-0.2, 0) is 9.53 Å². The maximum absolute atomic E-state index is 12.4. The van der Waals surface area contributed by atoms with Crippen LogP contribution in [-0.4, -0.2) is 31.1 Å². The molecule has 0 aromatic carbocycles. The maximum Gasteiger partial charge on any atom is 0.153 e. The summed E-state index contributed by atoms with van der Waals surface area (Å²) < 4.78 is 5.33. The van der Waals surface area contributed by atoms with Crippen LogP contribution in [0, 0.1) is 5.92 Å². The highest BCUT2D eigenvalue weighted by atomic mass is 16.5. The molecular formula is C13H23NO2. The van der Waals surface area contributed by atoms with Crippen LogP contribution in [0.15, 0.2) is 0 Å². The summed E-state index contributed by atoms with van der Waals surface area (Å²) in [6.07, 6.45) is 6.00. The first-order chi connectivity index (χ1) is 7.77. The molecule has 0 amide bonds. The van der Waals surface area contributed by atoms with Crippen molar-refractivity contribution < 1.29 is 9.53 Å². The topological polar surface area (TPSA) is 38.3 Å². The predicted molar refractivity (Wildman–Crippen MR) is 63.4 cm³/mol. The van der Waals surface area contributed by atoms with E-state index in [1.54, 1.807) is 0 Å². The van der Waals surface area contributed by atoms with Crippen LogP contribution in [0.3, 0.4) is 0 Å². The molecule has 0 aliphatic carbocycles. The number of carbonyl (C=O) groups is 1. The van der Waals surface area contributed by atoms with Crippen LogP contribution in [0.5, 0.6) is 0 Å². The van der Waals surface area contributed by atoms with Gasteiger partial charge in [0.25, 0.3) is 0 Å². The monoisotopic (exact) mass is 225 g/mol. The van der Waals surface area contributed by atoms with Crippen molar-refractivity contribution >= 4 is 5.78 Å². The zero-order valence-electron chi connectivity index (χ0n) is 10.3. The highest BCUT2D eigenvalue weighted by molar-refractivity contribution is 5.88. The van der Waals surface area contributed by atoms with E-state index in [1.807, 2.05) is 0 Å². The third-order valence-corrected chi connectivity index (χ3v) is 4.20. The first kappa shape index (κ1) is 12.1. The molecule has 2 fully saturated rings. The van der Waals surface area contributed by atoms with E-state index in [9.17, 15) is 4.79 Å². The van der Waals surface area contributed by atoms with Gasteiger partial charge < -0.3 is 10.1 Å². The van der Waals surface area contributed by atoms with Crippen LogP contribution in [0.4, 0.5) is 0 Å². The molecule has 0 aromatic heterocycles. The molecule has 0 radical (unpaired) electrons. The Balaban J connectivity index is 1.90. The lowest BCUT2D eigenvalue weighted by atomic mass is 9.82. The molecule has 1 atom stereocenters. The lowest BCUT2D eigenvalue weighted by Crippen LogP contribution is -2.47. The number of ketones is 1. The van der Waals surface area contributed by atoms with E-state index in [0.717, 1.165) is 58.3 Å². The van der Waals surface area contributed by atoms with Crippen LogP contribution < -0.4 is 5.32 Å². The number of hydrogen-bond acceptors (Lipinski definition) is 3. The van der Waals surface area contributed by atoms with Gasteiger partial charge in [0.1, 0.15) is 0 Å². The minimum Gasteiger partial charge on any atom is -0.381 e. The molecule has 92 valence electrons. The predicted octanol–water partition coefficient (Wildman–Crippen LogP) is 1.90. The molecule has 16 heavy (non-hydrogen) atoms. The number of ether oxygens (including phenoxy) is 1. The van der Waals surface area contributed by atoms with Crippen molar-refractivity contribution in [3.63, 3.8) is 0 Å². The summed E-state index contributed by atoms with van der Waals surface area (Å²) in [4.78, 5) is 12.4. The van der Waals surface area contributed by atoms with Gasteiger partial charge in [-0.2, -0.15) is 0 Å². The van der Waals surface area contributed by atoms with Crippen LogP contribution in [0.2, 0.25) is 0 Å². The fourth-order valence-electron chi connectivity index (χ4n) is 2.95. The van der Waals surface area contributed by atoms with E-state index in [1.165, 1.54) is 0 Å². The van der Waals surface area contributed by atoms with E-state index >= 15 is 0 Å².